The van der Waals surface area contributed by atoms with Crippen molar-refractivity contribution in [2.45, 2.75) is 20.3 Å². The van der Waals surface area contributed by atoms with E-state index in [2.05, 4.69) is 25.7 Å². The van der Waals surface area contributed by atoms with E-state index < -0.39 is 10.0 Å². The second-order valence-corrected chi connectivity index (χ2v) is 7.61. The predicted molar refractivity (Wildman–Crippen MR) is 105 cm³/mol. The fraction of sp³-hybridized carbons (Fsp3) is 0.529. The Morgan fingerprint density at radius 1 is 1.15 bits per heavy atom. The molecule has 0 spiro atoms. The molecule has 0 radical (unpaired) electrons. The first-order valence-corrected chi connectivity index (χ1v) is 10.4. The van der Waals surface area contributed by atoms with Gasteiger partial charge in [0.25, 0.3) is 5.91 Å². The predicted octanol–water partition coefficient (Wildman–Crippen LogP) is 0.0831. The Hall–Kier alpha value is -2.13. The maximum Gasteiger partial charge on any atom is 0.251 e. The summed E-state index contributed by atoms with van der Waals surface area (Å²) in [6.45, 7) is 5.52. The van der Waals surface area contributed by atoms with Gasteiger partial charge in [-0.25, -0.2) is 13.1 Å². The molecular formula is C17H29N5O3S. The third kappa shape index (κ3) is 8.30. The van der Waals surface area contributed by atoms with Crippen LogP contribution in [-0.4, -0.2) is 59.3 Å². The van der Waals surface area contributed by atoms with Gasteiger partial charge >= 0.3 is 0 Å². The second-order valence-electron chi connectivity index (χ2n) is 5.51. The third-order valence-electron chi connectivity index (χ3n) is 3.55. The van der Waals surface area contributed by atoms with Crippen LogP contribution in [0.15, 0.2) is 29.3 Å². The summed E-state index contributed by atoms with van der Waals surface area (Å²) in [5.74, 6) is 0.583. The topological polar surface area (TPSA) is 112 Å². The zero-order chi connectivity index (χ0) is 19.4. The molecule has 0 saturated heterocycles. The lowest BCUT2D eigenvalue weighted by Crippen LogP contribution is -2.39. The molecule has 1 amide bonds. The van der Waals surface area contributed by atoms with E-state index in [0.29, 0.717) is 31.2 Å². The Labute approximate surface area is 155 Å². The normalized spacial score (nSPS) is 11.9. The van der Waals surface area contributed by atoms with Gasteiger partial charge in [-0.15, -0.1) is 0 Å². The molecule has 1 aromatic rings. The molecule has 0 aromatic heterocycles. The minimum Gasteiger partial charge on any atom is -0.357 e. The summed E-state index contributed by atoms with van der Waals surface area (Å²) in [5, 5.41) is 8.93. The number of hydrogen-bond acceptors (Lipinski definition) is 4. The monoisotopic (exact) mass is 383 g/mol. The van der Waals surface area contributed by atoms with E-state index in [4.69, 9.17) is 0 Å². The van der Waals surface area contributed by atoms with Crippen LogP contribution in [0.2, 0.25) is 0 Å². The van der Waals surface area contributed by atoms with Crippen molar-refractivity contribution in [3.63, 3.8) is 0 Å². The number of rotatable bonds is 10. The quantitative estimate of drug-likeness (QED) is 0.260. The largest absolute Gasteiger partial charge is 0.357 e. The van der Waals surface area contributed by atoms with Crippen molar-refractivity contribution < 1.29 is 13.2 Å². The van der Waals surface area contributed by atoms with Crippen molar-refractivity contribution in [2.24, 2.45) is 4.99 Å². The first kappa shape index (κ1) is 21.9. The fourth-order valence-electron chi connectivity index (χ4n) is 2.15. The number of guanidine groups is 1. The number of amides is 1. The number of aliphatic imine (C=N–C) groups is 1. The lowest BCUT2D eigenvalue weighted by atomic mass is 10.1. The molecule has 0 aliphatic heterocycles. The van der Waals surface area contributed by atoms with E-state index in [9.17, 15) is 13.2 Å². The molecule has 1 aromatic carbocycles. The first-order chi connectivity index (χ1) is 12.4. The Bertz CT molecular complexity index is 704. The molecular weight excluding hydrogens is 354 g/mol. The fourth-order valence-corrected chi connectivity index (χ4v) is 2.76. The highest BCUT2D eigenvalue weighted by atomic mass is 32.2. The van der Waals surface area contributed by atoms with E-state index in [-0.39, 0.29) is 18.2 Å². The molecule has 0 fully saturated rings. The SMILES string of the molecule is CCNC(=NCCNS(=O)(=O)CC)NCCc1cccc(C(=O)NC)c1. The van der Waals surface area contributed by atoms with Crippen LogP contribution in [0.5, 0.6) is 0 Å². The number of nitrogens with zero attached hydrogens (tertiary/aromatic N) is 1. The van der Waals surface area contributed by atoms with Gasteiger partial charge < -0.3 is 16.0 Å². The zero-order valence-corrected chi connectivity index (χ0v) is 16.4. The van der Waals surface area contributed by atoms with E-state index in [1.165, 1.54) is 0 Å². The average Bonchev–Trinajstić information content (AvgIpc) is 2.64. The molecule has 0 aliphatic rings. The van der Waals surface area contributed by atoms with E-state index >= 15 is 0 Å². The second kappa shape index (κ2) is 11.5. The first-order valence-electron chi connectivity index (χ1n) is 8.72. The molecule has 4 N–H and O–H groups in total. The highest BCUT2D eigenvalue weighted by Gasteiger charge is 2.05. The molecule has 9 heteroatoms. The van der Waals surface area contributed by atoms with E-state index in [0.717, 1.165) is 12.0 Å². The highest BCUT2D eigenvalue weighted by Crippen LogP contribution is 2.05. The van der Waals surface area contributed by atoms with Gasteiger partial charge in [0.15, 0.2) is 5.96 Å². The molecule has 146 valence electrons. The third-order valence-corrected chi connectivity index (χ3v) is 4.95. The smallest absolute Gasteiger partial charge is 0.251 e. The molecule has 8 nitrogen and oxygen atoms in total. The summed E-state index contributed by atoms with van der Waals surface area (Å²) in [6.07, 6.45) is 0.734. The van der Waals surface area contributed by atoms with Gasteiger partial charge in [-0.3, -0.25) is 9.79 Å². The molecule has 0 heterocycles. The summed E-state index contributed by atoms with van der Waals surface area (Å²) >= 11 is 0. The number of hydrogen-bond donors (Lipinski definition) is 4. The maximum absolute atomic E-state index is 11.7. The lowest BCUT2D eigenvalue weighted by Gasteiger charge is -2.12. The van der Waals surface area contributed by atoms with Gasteiger partial charge in [-0.05, 0) is 38.0 Å². The molecule has 0 atom stereocenters. The Balaban J connectivity index is 2.50. The average molecular weight is 384 g/mol. The maximum atomic E-state index is 11.7. The number of nitrogens with one attached hydrogen (secondary N) is 4. The summed E-state index contributed by atoms with van der Waals surface area (Å²) in [6, 6.07) is 7.47. The van der Waals surface area contributed by atoms with E-state index in [1.54, 1.807) is 20.0 Å². The standard InChI is InChI=1S/C17H29N5O3S/c1-4-19-17(21-11-12-22-26(24,25)5-2)20-10-9-14-7-6-8-15(13-14)16(23)18-3/h6-8,13,22H,4-5,9-12H2,1-3H3,(H,18,23)(H2,19,20,21). The zero-order valence-electron chi connectivity index (χ0n) is 15.6. The van der Waals surface area contributed by atoms with Gasteiger partial charge in [0.05, 0.1) is 12.3 Å². The van der Waals surface area contributed by atoms with Gasteiger partial charge in [0.2, 0.25) is 10.0 Å². The van der Waals surface area contributed by atoms with Gasteiger partial charge in [-0.2, -0.15) is 0 Å². The van der Waals surface area contributed by atoms with Crippen molar-refractivity contribution in [1.29, 1.82) is 0 Å². The van der Waals surface area contributed by atoms with Crippen molar-refractivity contribution in [1.82, 2.24) is 20.7 Å². The molecule has 0 aliphatic carbocycles. The lowest BCUT2D eigenvalue weighted by molar-refractivity contribution is 0.0963. The van der Waals surface area contributed by atoms with Crippen molar-refractivity contribution in [2.75, 3.05) is 39.0 Å². The summed E-state index contributed by atoms with van der Waals surface area (Å²) in [7, 11) is -1.58. The highest BCUT2D eigenvalue weighted by molar-refractivity contribution is 7.89. The molecule has 0 saturated carbocycles. The number of carbonyl (C=O) groups excluding carboxylic acids is 1. The van der Waals surface area contributed by atoms with Gasteiger partial charge in [-0.1, -0.05) is 12.1 Å². The molecule has 0 unspecified atom stereocenters. The Morgan fingerprint density at radius 3 is 2.58 bits per heavy atom. The van der Waals surface area contributed by atoms with Crippen molar-refractivity contribution in [3.8, 4) is 0 Å². The van der Waals surface area contributed by atoms with Crippen LogP contribution >= 0.6 is 0 Å². The molecule has 1 rings (SSSR count). The molecule has 0 bridgehead atoms. The minimum atomic E-state index is -3.19. The van der Waals surface area contributed by atoms with Crippen LogP contribution < -0.4 is 20.7 Å². The van der Waals surface area contributed by atoms with Crippen LogP contribution in [-0.2, 0) is 16.4 Å². The van der Waals surface area contributed by atoms with Gasteiger partial charge in [0.1, 0.15) is 0 Å². The Morgan fingerprint density at radius 2 is 1.92 bits per heavy atom. The summed E-state index contributed by atoms with van der Waals surface area (Å²) in [4.78, 5) is 16.0. The summed E-state index contributed by atoms with van der Waals surface area (Å²) in [5.41, 5.74) is 1.68. The minimum absolute atomic E-state index is 0.0597. The van der Waals surface area contributed by atoms with Crippen LogP contribution in [0.25, 0.3) is 0 Å². The summed E-state index contributed by atoms with van der Waals surface area (Å²) < 4.78 is 25.2. The van der Waals surface area contributed by atoms with Crippen molar-refractivity contribution >= 4 is 21.9 Å². The van der Waals surface area contributed by atoms with Crippen LogP contribution in [0.4, 0.5) is 0 Å². The Kier molecular flexibility index (Phi) is 9.67. The number of sulfonamides is 1. The van der Waals surface area contributed by atoms with Crippen LogP contribution in [0.3, 0.4) is 0 Å². The number of carbonyl (C=O) groups is 1. The van der Waals surface area contributed by atoms with Crippen LogP contribution in [0.1, 0.15) is 29.8 Å². The van der Waals surface area contributed by atoms with Gasteiger partial charge in [0, 0.05) is 32.2 Å². The van der Waals surface area contributed by atoms with Crippen molar-refractivity contribution in [3.05, 3.63) is 35.4 Å². The van der Waals surface area contributed by atoms with E-state index in [1.807, 2.05) is 25.1 Å². The van der Waals surface area contributed by atoms with Crippen LogP contribution in [0, 0.1) is 0 Å². The number of benzene rings is 1. The molecule has 26 heavy (non-hydrogen) atoms.